The first-order chi connectivity index (χ1) is 13.5. The summed E-state index contributed by atoms with van der Waals surface area (Å²) in [6, 6.07) is 11.9. The van der Waals surface area contributed by atoms with Gasteiger partial charge in [0.05, 0.1) is 16.4 Å². The van der Waals surface area contributed by atoms with Crippen LogP contribution in [0.3, 0.4) is 0 Å². The van der Waals surface area contributed by atoms with E-state index >= 15 is 0 Å². The summed E-state index contributed by atoms with van der Waals surface area (Å²) in [5, 5.41) is 10.9. The summed E-state index contributed by atoms with van der Waals surface area (Å²) in [6.07, 6.45) is 0. The molecule has 0 bridgehead atoms. The third kappa shape index (κ3) is 4.99. The van der Waals surface area contributed by atoms with Crippen LogP contribution in [0.15, 0.2) is 53.4 Å². The van der Waals surface area contributed by atoms with Crippen molar-refractivity contribution in [3.8, 4) is 0 Å². The van der Waals surface area contributed by atoms with Crippen molar-refractivity contribution >= 4 is 21.7 Å². The lowest BCUT2D eigenvalue weighted by Crippen LogP contribution is -2.53. The van der Waals surface area contributed by atoms with Crippen molar-refractivity contribution in [2.75, 3.05) is 6.61 Å². The third-order valence-corrected chi connectivity index (χ3v) is 6.48. The predicted molar refractivity (Wildman–Crippen MR) is 108 cm³/mol. The van der Waals surface area contributed by atoms with E-state index < -0.39 is 26.5 Å². The molecule has 0 saturated carbocycles. The van der Waals surface area contributed by atoms with Gasteiger partial charge in [0.2, 0.25) is 10.0 Å². The number of hydrogen-bond acceptors (Lipinski definition) is 6. The fourth-order valence-corrected chi connectivity index (χ4v) is 4.56. The molecule has 0 saturated heterocycles. The van der Waals surface area contributed by atoms with E-state index in [1.165, 1.54) is 13.8 Å². The molecular formula is C20H24N2O6S. The number of rotatable bonds is 8. The van der Waals surface area contributed by atoms with Gasteiger partial charge in [-0.2, -0.15) is 4.31 Å². The van der Waals surface area contributed by atoms with Gasteiger partial charge in [-0.05, 0) is 45.4 Å². The first kappa shape index (κ1) is 22.5. The normalized spacial score (nSPS) is 12.0. The fraction of sp³-hybridized carbons (Fsp3) is 0.350. The molecule has 0 radical (unpaired) electrons. The molecule has 0 amide bonds. The summed E-state index contributed by atoms with van der Waals surface area (Å²) in [5.74, 6) is -0.682. The van der Waals surface area contributed by atoms with E-state index in [0.29, 0.717) is 5.56 Å². The van der Waals surface area contributed by atoms with Gasteiger partial charge in [0.1, 0.15) is 5.54 Å². The largest absolute Gasteiger partial charge is 0.465 e. The Hall–Kier alpha value is -2.78. The van der Waals surface area contributed by atoms with E-state index in [4.69, 9.17) is 4.74 Å². The smallest absolute Gasteiger partial charge is 0.327 e. The van der Waals surface area contributed by atoms with Crippen LogP contribution in [0.2, 0.25) is 0 Å². The van der Waals surface area contributed by atoms with E-state index in [2.05, 4.69) is 0 Å². The number of hydrogen-bond donors (Lipinski definition) is 0. The second kappa shape index (κ2) is 8.71. The summed E-state index contributed by atoms with van der Waals surface area (Å²) >= 11 is 0. The van der Waals surface area contributed by atoms with Crippen molar-refractivity contribution in [3.05, 3.63) is 69.8 Å². The van der Waals surface area contributed by atoms with Gasteiger partial charge in [0.25, 0.3) is 5.69 Å². The first-order valence-electron chi connectivity index (χ1n) is 9.00. The zero-order chi connectivity index (χ0) is 21.8. The Morgan fingerprint density at radius 1 is 1.17 bits per heavy atom. The van der Waals surface area contributed by atoms with Crippen molar-refractivity contribution in [1.82, 2.24) is 4.31 Å². The second-order valence-corrected chi connectivity index (χ2v) is 8.89. The van der Waals surface area contributed by atoms with Crippen LogP contribution >= 0.6 is 0 Å². The zero-order valence-corrected chi connectivity index (χ0v) is 17.6. The molecule has 2 rings (SSSR count). The minimum absolute atomic E-state index is 0.0627. The van der Waals surface area contributed by atoms with Gasteiger partial charge in [-0.15, -0.1) is 0 Å². The van der Waals surface area contributed by atoms with Crippen molar-refractivity contribution in [2.45, 2.75) is 44.7 Å². The average molecular weight is 420 g/mol. The van der Waals surface area contributed by atoms with Crippen LogP contribution in [0.1, 0.15) is 31.9 Å². The molecule has 8 nitrogen and oxygen atoms in total. The van der Waals surface area contributed by atoms with Gasteiger partial charge in [-0.25, -0.2) is 8.42 Å². The Labute approximate surface area is 170 Å². The van der Waals surface area contributed by atoms with Crippen LogP contribution in [0.4, 0.5) is 5.69 Å². The Morgan fingerprint density at radius 2 is 1.79 bits per heavy atom. The molecule has 2 aromatic rings. The van der Waals surface area contributed by atoms with E-state index in [-0.39, 0.29) is 23.7 Å². The molecule has 0 aromatic heterocycles. The Bertz CT molecular complexity index is 1000. The number of carbonyl (C=O) groups excluding carboxylic acids is 1. The number of ether oxygens (including phenoxy) is 1. The molecular weight excluding hydrogens is 396 g/mol. The highest BCUT2D eigenvalue weighted by atomic mass is 32.2. The maximum absolute atomic E-state index is 13.4. The lowest BCUT2D eigenvalue weighted by Gasteiger charge is -2.35. The summed E-state index contributed by atoms with van der Waals surface area (Å²) in [7, 11) is -4.17. The van der Waals surface area contributed by atoms with Gasteiger partial charge >= 0.3 is 5.97 Å². The first-order valence-corrected chi connectivity index (χ1v) is 10.4. The van der Waals surface area contributed by atoms with E-state index in [0.717, 1.165) is 34.1 Å². The molecule has 0 N–H and O–H groups in total. The van der Waals surface area contributed by atoms with Gasteiger partial charge < -0.3 is 4.74 Å². The van der Waals surface area contributed by atoms with Gasteiger partial charge in [0.15, 0.2) is 0 Å². The highest BCUT2D eigenvalue weighted by molar-refractivity contribution is 7.89. The van der Waals surface area contributed by atoms with Crippen molar-refractivity contribution < 1.29 is 22.9 Å². The summed E-state index contributed by atoms with van der Waals surface area (Å²) in [4.78, 5) is 22.7. The molecule has 2 aromatic carbocycles. The number of aryl methyl sites for hydroxylation is 1. The number of nitro groups is 1. The topological polar surface area (TPSA) is 107 Å². The van der Waals surface area contributed by atoms with Crippen molar-refractivity contribution in [1.29, 1.82) is 0 Å². The van der Waals surface area contributed by atoms with E-state index in [1.807, 2.05) is 19.1 Å². The number of benzene rings is 2. The number of esters is 1. The average Bonchev–Trinajstić information content (AvgIpc) is 2.66. The van der Waals surface area contributed by atoms with Gasteiger partial charge in [-0.3, -0.25) is 14.9 Å². The van der Waals surface area contributed by atoms with Crippen LogP contribution in [-0.4, -0.2) is 35.8 Å². The molecule has 29 heavy (non-hydrogen) atoms. The highest BCUT2D eigenvalue weighted by Gasteiger charge is 2.44. The predicted octanol–water partition coefficient (Wildman–Crippen LogP) is 3.44. The maximum Gasteiger partial charge on any atom is 0.327 e. The SMILES string of the molecule is CCOC(=O)C(C)(C)N(Cc1cccc(C)c1)S(=O)(=O)c1ccc([N+](=O)[O-])cc1. The summed E-state index contributed by atoms with van der Waals surface area (Å²) in [5.41, 5.74) is -0.0730. The molecule has 9 heteroatoms. The van der Waals surface area contributed by atoms with Crippen LogP contribution < -0.4 is 0 Å². The Kier molecular flexibility index (Phi) is 6.76. The summed E-state index contributed by atoms with van der Waals surface area (Å²) < 4.78 is 33.0. The molecule has 0 fully saturated rings. The quantitative estimate of drug-likeness (QED) is 0.368. The van der Waals surface area contributed by atoms with Crippen molar-refractivity contribution in [3.63, 3.8) is 0 Å². The lowest BCUT2D eigenvalue weighted by atomic mass is 10.0. The minimum Gasteiger partial charge on any atom is -0.465 e. The molecule has 156 valence electrons. The fourth-order valence-electron chi connectivity index (χ4n) is 2.84. The molecule has 0 aliphatic rings. The zero-order valence-electron chi connectivity index (χ0n) is 16.8. The number of non-ortho nitro benzene ring substituents is 1. The van der Waals surface area contributed by atoms with Crippen LogP contribution in [0.5, 0.6) is 0 Å². The third-order valence-electron chi connectivity index (χ3n) is 4.44. The van der Waals surface area contributed by atoms with E-state index in [1.54, 1.807) is 19.1 Å². The number of sulfonamides is 1. The Balaban J connectivity index is 2.55. The van der Waals surface area contributed by atoms with Gasteiger partial charge in [0, 0.05) is 18.7 Å². The van der Waals surface area contributed by atoms with Crippen LogP contribution in [0, 0.1) is 17.0 Å². The molecule has 0 spiro atoms. The second-order valence-electron chi connectivity index (χ2n) is 7.03. The van der Waals surface area contributed by atoms with Crippen LogP contribution in [-0.2, 0) is 26.1 Å². The number of carbonyl (C=O) groups is 1. The molecule has 0 unspecified atom stereocenters. The number of nitro benzene ring substituents is 1. The maximum atomic E-state index is 13.4. The lowest BCUT2D eigenvalue weighted by molar-refractivity contribution is -0.384. The van der Waals surface area contributed by atoms with E-state index in [9.17, 15) is 23.3 Å². The summed E-state index contributed by atoms with van der Waals surface area (Å²) in [6.45, 7) is 6.53. The van der Waals surface area contributed by atoms with Crippen LogP contribution in [0.25, 0.3) is 0 Å². The molecule has 0 aliphatic carbocycles. The number of nitrogens with zero attached hydrogens (tertiary/aromatic N) is 2. The standard InChI is InChI=1S/C20H24N2O6S/c1-5-28-19(23)20(3,4)21(14-16-8-6-7-15(2)13-16)29(26,27)18-11-9-17(10-12-18)22(24)25/h6-13H,5,14H2,1-4H3. The molecule has 0 atom stereocenters. The minimum atomic E-state index is -4.17. The molecule has 0 aliphatic heterocycles. The highest BCUT2D eigenvalue weighted by Crippen LogP contribution is 2.29. The molecule has 0 heterocycles. The Morgan fingerprint density at radius 3 is 2.31 bits per heavy atom. The monoisotopic (exact) mass is 420 g/mol. The van der Waals surface area contributed by atoms with Gasteiger partial charge in [-0.1, -0.05) is 29.8 Å². The van der Waals surface area contributed by atoms with Crippen molar-refractivity contribution in [2.24, 2.45) is 0 Å².